The average Bonchev–Trinajstić information content (AvgIpc) is 2.56. The second-order valence-electron chi connectivity index (χ2n) is 6.34. The molecule has 1 amide bonds. The molecule has 2 aromatic rings. The van der Waals surface area contributed by atoms with Crippen LogP contribution in [0.2, 0.25) is 0 Å². The van der Waals surface area contributed by atoms with Gasteiger partial charge in [0.2, 0.25) is 5.95 Å². The summed E-state index contributed by atoms with van der Waals surface area (Å²) < 4.78 is 0.847. The Bertz CT molecular complexity index is 869. The third-order valence-corrected chi connectivity index (χ3v) is 4.89. The molecule has 2 unspecified atom stereocenters. The summed E-state index contributed by atoms with van der Waals surface area (Å²) in [5.74, 6) is -0.483. The van der Waals surface area contributed by atoms with Crippen LogP contribution >= 0.6 is 15.9 Å². The normalized spacial score (nSPS) is 19.8. The van der Waals surface area contributed by atoms with E-state index in [1.54, 1.807) is 12.1 Å². The fourth-order valence-corrected chi connectivity index (χ4v) is 3.48. The van der Waals surface area contributed by atoms with Gasteiger partial charge in [0, 0.05) is 22.2 Å². The number of aromatic amines is 1. The maximum Gasteiger partial charge on any atom is 0.267 e. The lowest BCUT2D eigenvalue weighted by Gasteiger charge is -2.29. The molecule has 0 radical (unpaired) electrons. The van der Waals surface area contributed by atoms with Crippen LogP contribution in [-0.4, -0.2) is 28.0 Å². The molecule has 1 aromatic heterocycles. The highest BCUT2D eigenvalue weighted by Crippen LogP contribution is 2.23. The van der Waals surface area contributed by atoms with Gasteiger partial charge in [-0.1, -0.05) is 34.8 Å². The van der Waals surface area contributed by atoms with Gasteiger partial charge >= 0.3 is 0 Å². The largest absolute Gasteiger partial charge is 0.365 e. The Morgan fingerprint density at radius 1 is 1.31 bits per heavy atom. The van der Waals surface area contributed by atoms with Crippen molar-refractivity contribution in [3.8, 4) is 0 Å². The van der Waals surface area contributed by atoms with E-state index in [-0.39, 0.29) is 29.4 Å². The van der Waals surface area contributed by atoms with Gasteiger partial charge in [0.05, 0.1) is 0 Å². The Morgan fingerprint density at radius 3 is 2.77 bits per heavy atom. The fourth-order valence-electron chi connectivity index (χ4n) is 3.08. The summed E-state index contributed by atoms with van der Waals surface area (Å²) in [7, 11) is 0. The predicted molar refractivity (Wildman–Crippen MR) is 105 cm³/mol. The molecular weight excluding hydrogens is 400 g/mol. The van der Waals surface area contributed by atoms with E-state index in [4.69, 9.17) is 11.5 Å². The number of nitrogens with two attached hydrogens (primary N) is 2. The number of nitrogens with zero attached hydrogens (tertiary/aromatic N) is 1. The van der Waals surface area contributed by atoms with Gasteiger partial charge in [0.15, 0.2) is 5.82 Å². The molecule has 26 heavy (non-hydrogen) atoms. The van der Waals surface area contributed by atoms with E-state index in [1.165, 1.54) is 0 Å². The van der Waals surface area contributed by atoms with Crippen molar-refractivity contribution in [2.24, 2.45) is 11.5 Å². The van der Waals surface area contributed by atoms with Crippen LogP contribution in [0.15, 0.2) is 33.5 Å². The number of aromatic nitrogens is 2. The minimum atomic E-state index is -0.850. The first-order chi connectivity index (χ1) is 12.4. The molecular formula is C17H21BrN6O2. The van der Waals surface area contributed by atoms with Crippen molar-refractivity contribution >= 4 is 39.3 Å². The van der Waals surface area contributed by atoms with E-state index in [0.29, 0.717) is 5.69 Å². The maximum absolute atomic E-state index is 12.4. The molecule has 0 spiro atoms. The number of rotatable bonds is 5. The van der Waals surface area contributed by atoms with Crippen molar-refractivity contribution in [2.75, 3.05) is 10.6 Å². The van der Waals surface area contributed by atoms with Crippen LogP contribution in [0.5, 0.6) is 0 Å². The number of H-pyrrole nitrogens is 1. The lowest BCUT2D eigenvalue weighted by atomic mass is 9.91. The number of primary amides is 1. The lowest BCUT2D eigenvalue weighted by Crippen LogP contribution is -2.43. The average molecular weight is 421 g/mol. The fraction of sp³-hybridized carbons (Fsp3) is 0.353. The summed E-state index contributed by atoms with van der Waals surface area (Å²) >= 11 is 3.38. The maximum atomic E-state index is 12.4. The molecule has 1 fully saturated rings. The van der Waals surface area contributed by atoms with Crippen molar-refractivity contribution in [3.05, 3.63) is 44.7 Å². The SMILES string of the molecule is NC(=O)c1c(Nc2cccc(Br)c2)nc(NC2CCCCC2N)[nH]c1=O. The standard InChI is InChI=1S/C17H21BrN6O2/c18-9-4-3-5-10(8-9)21-15-13(14(20)25)16(26)24-17(23-15)22-12-7-2-1-6-11(12)19/h3-5,8,11-12H,1-2,6-7,19H2,(H2,20,25)(H3,21,22,23,24,26). The van der Waals surface area contributed by atoms with Crippen LogP contribution in [0.25, 0.3) is 0 Å². The van der Waals surface area contributed by atoms with E-state index < -0.39 is 11.5 Å². The highest BCUT2D eigenvalue weighted by molar-refractivity contribution is 9.10. The van der Waals surface area contributed by atoms with Crippen LogP contribution in [-0.2, 0) is 0 Å². The molecule has 1 heterocycles. The van der Waals surface area contributed by atoms with Gasteiger partial charge in [-0.15, -0.1) is 0 Å². The van der Waals surface area contributed by atoms with E-state index in [1.807, 2.05) is 12.1 Å². The van der Waals surface area contributed by atoms with Gasteiger partial charge in [0.25, 0.3) is 11.5 Å². The summed E-state index contributed by atoms with van der Waals surface area (Å²) in [6.45, 7) is 0. The monoisotopic (exact) mass is 420 g/mol. The number of carbonyl (C=O) groups is 1. The summed E-state index contributed by atoms with van der Waals surface area (Å²) in [6, 6.07) is 7.30. The van der Waals surface area contributed by atoms with Crippen molar-refractivity contribution in [2.45, 2.75) is 37.8 Å². The summed E-state index contributed by atoms with van der Waals surface area (Å²) in [5.41, 5.74) is 11.4. The molecule has 2 atom stereocenters. The van der Waals surface area contributed by atoms with Gasteiger partial charge in [-0.05, 0) is 31.0 Å². The number of amides is 1. The van der Waals surface area contributed by atoms with E-state index in [2.05, 4.69) is 36.5 Å². The first-order valence-electron chi connectivity index (χ1n) is 8.43. The number of hydrogen-bond donors (Lipinski definition) is 5. The molecule has 1 aromatic carbocycles. The Balaban J connectivity index is 1.94. The Hall–Kier alpha value is -2.39. The van der Waals surface area contributed by atoms with Crippen LogP contribution < -0.4 is 27.7 Å². The number of hydrogen-bond acceptors (Lipinski definition) is 6. The Morgan fingerprint density at radius 2 is 2.08 bits per heavy atom. The van der Waals surface area contributed by atoms with Crippen molar-refractivity contribution in [3.63, 3.8) is 0 Å². The molecule has 1 aliphatic rings. The Kier molecular flexibility index (Phi) is 5.58. The zero-order valence-electron chi connectivity index (χ0n) is 14.1. The molecule has 0 bridgehead atoms. The van der Waals surface area contributed by atoms with Crippen LogP contribution in [0.4, 0.5) is 17.5 Å². The predicted octanol–water partition coefficient (Wildman–Crippen LogP) is 2.06. The summed E-state index contributed by atoms with van der Waals surface area (Å²) in [4.78, 5) is 31.0. The zero-order chi connectivity index (χ0) is 18.7. The Labute approximate surface area is 158 Å². The van der Waals surface area contributed by atoms with Gasteiger partial charge in [-0.2, -0.15) is 4.98 Å². The van der Waals surface area contributed by atoms with Crippen LogP contribution in [0, 0.1) is 0 Å². The highest BCUT2D eigenvalue weighted by Gasteiger charge is 2.23. The molecule has 1 saturated carbocycles. The smallest absolute Gasteiger partial charge is 0.267 e. The zero-order valence-corrected chi connectivity index (χ0v) is 15.7. The van der Waals surface area contributed by atoms with Gasteiger partial charge in [-0.25, -0.2) is 0 Å². The molecule has 1 aliphatic carbocycles. The number of anilines is 3. The molecule has 0 saturated heterocycles. The topological polar surface area (TPSA) is 139 Å². The minimum Gasteiger partial charge on any atom is -0.365 e. The van der Waals surface area contributed by atoms with Gasteiger partial charge in [-0.3, -0.25) is 14.6 Å². The highest BCUT2D eigenvalue weighted by atomic mass is 79.9. The second kappa shape index (κ2) is 7.88. The van der Waals surface area contributed by atoms with Gasteiger partial charge < -0.3 is 22.1 Å². The summed E-state index contributed by atoms with van der Waals surface area (Å²) in [6.07, 6.45) is 3.99. The molecule has 8 nitrogen and oxygen atoms in total. The minimum absolute atomic E-state index is 0.00800. The molecule has 7 N–H and O–H groups in total. The second-order valence-corrected chi connectivity index (χ2v) is 7.25. The van der Waals surface area contributed by atoms with Gasteiger partial charge in [0.1, 0.15) is 5.56 Å². The molecule has 138 valence electrons. The quantitative estimate of drug-likeness (QED) is 0.501. The van der Waals surface area contributed by atoms with E-state index >= 15 is 0 Å². The molecule has 9 heteroatoms. The first kappa shape index (κ1) is 18.4. The molecule has 3 rings (SSSR count). The van der Waals surface area contributed by atoms with Crippen LogP contribution in [0.1, 0.15) is 36.0 Å². The van der Waals surface area contributed by atoms with Crippen LogP contribution in [0.3, 0.4) is 0 Å². The summed E-state index contributed by atoms with van der Waals surface area (Å²) in [5, 5.41) is 6.17. The number of benzene rings is 1. The number of nitrogens with one attached hydrogen (secondary N) is 3. The lowest BCUT2D eigenvalue weighted by molar-refractivity contribution is 0.0999. The van der Waals surface area contributed by atoms with E-state index in [9.17, 15) is 9.59 Å². The third kappa shape index (κ3) is 4.23. The van der Waals surface area contributed by atoms with Crippen molar-refractivity contribution in [1.29, 1.82) is 0 Å². The first-order valence-corrected chi connectivity index (χ1v) is 9.22. The van der Waals surface area contributed by atoms with Crippen molar-refractivity contribution < 1.29 is 4.79 Å². The number of halogens is 1. The number of carbonyl (C=O) groups excluding carboxylic acids is 1. The van der Waals surface area contributed by atoms with Crippen molar-refractivity contribution in [1.82, 2.24) is 9.97 Å². The van der Waals surface area contributed by atoms with E-state index in [0.717, 1.165) is 30.2 Å². The molecule has 0 aliphatic heterocycles. The third-order valence-electron chi connectivity index (χ3n) is 4.39.